The van der Waals surface area contributed by atoms with Gasteiger partial charge in [0.15, 0.2) is 0 Å². The van der Waals surface area contributed by atoms with Gasteiger partial charge in [0.1, 0.15) is 6.29 Å². The summed E-state index contributed by atoms with van der Waals surface area (Å²) in [5, 5.41) is 0. The maximum Gasteiger partial charge on any atom is 0.127 e. The molecule has 0 saturated heterocycles. The molecule has 2 nitrogen and oxygen atoms in total. The first-order chi connectivity index (χ1) is 6.76. The molecule has 0 aromatic carbocycles. The molecule has 0 aromatic heterocycles. The first-order valence-corrected chi connectivity index (χ1v) is 5.60. The normalized spacial score (nSPS) is 26.8. The molecule has 2 heteroatoms. The van der Waals surface area contributed by atoms with Crippen molar-refractivity contribution >= 4 is 6.29 Å². The van der Waals surface area contributed by atoms with E-state index >= 15 is 0 Å². The molecule has 80 valence electrons. The summed E-state index contributed by atoms with van der Waals surface area (Å²) in [7, 11) is 0. The fourth-order valence-electron chi connectivity index (χ4n) is 2.09. The topological polar surface area (TPSA) is 20.3 Å². The van der Waals surface area contributed by atoms with Gasteiger partial charge in [0.2, 0.25) is 0 Å². The SMILES string of the molecule is CCN(CC)C[C@@]1(C=O)CC=CCC1. The van der Waals surface area contributed by atoms with Crippen molar-refractivity contribution in [3.63, 3.8) is 0 Å². The van der Waals surface area contributed by atoms with E-state index in [9.17, 15) is 4.79 Å². The molecule has 0 fully saturated rings. The molecule has 1 rings (SSSR count). The molecule has 1 aliphatic carbocycles. The standard InChI is InChI=1S/C12H21NO/c1-3-13(4-2)10-12(11-14)8-6-5-7-9-12/h5-6,11H,3-4,7-10H2,1-2H3/t12-/m1/s1. The zero-order chi connectivity index (χ0) is 10.4. The smallest absolute Gasteiger partial charge is 0.127 e. The number of carbonyl (C=O) groups excluding carboxylic acids is 1. The molecule has 1 aliphatic rings. The van der Waals surface area contributed by atoms with E-state index in [1.807, 2.05) is 0 Å². The van der Waals surface area contributed by atoms with Gasteiger partial charge < -0.3 is 9.69 Å². The lowest BCUT2D eigenvalue weighted by atomic mass is 9.78. The van der Waals surface area contributed by atoms with Gasteiger partial charge in [-0.05, 0) is 32.4 Å². The van der Waals surface area contributed by atoms with Gasteiger partial charge in [-0.25, -0.2) is 0 Å². The highest BCUT2D eigenvalue weighted by molar-refractivity contribution is 5.60. The second kappa shape index (κ2) is 5.30. The van der Waals surface area contributed by atoms with Crippen LogP contribution in [0.5, 0.6) is 0 Å². The van der Waals surface area contributed by atoms with E-state index in [0.29, 0.717) is 0 Å². The summed E-state index contributed by atoms with van der Waals surface area (Å²) >= 11 is 0. The van der Waals surface area contributed by atoms with Crippen molar-refractivity contribution in [3.8, 4) is 0 Å². The van der Waals surface area contributed by atoms with E-state index in [-0.39, 0.29) is 5.41 Å². The second-order valence-electron chi connectivity index (χ2n) is 4.16. The van der Waals surface area contributed by atoms with E-state index in [0.717, 1.165) is 38.9 Å². The third-order valence-corrected chi connectivity index (χ3v) is 3.18. The summed E-state index contributed by atoms with van der Waals surface area (Å²) in [6.07, 6.45) is 8.51. The molecular weight excluding hydrogens is 174 g/mol. The van der Waals surface area contributed by atoms with Crippen LogP contribution in [-0.2, 0) is 4.79 Å². The number of nitrogens with zero attached hydrogens (tertiary/aromatic N) is 1. The van der Waals surface area contributed by atoms with Gasteiger partial charge in [-0.1, -0.05) is 26.0 Å². The molecule has 0 saturated carbocycles. The average Bonchev–Trinajstić information content (AvgIpc) is 2.27. The Bertz CT molecular complexity index is 208. The fourth-order valence-corrected chi connectivity index (χ4v) is 2.09. The Kier molecular flexibility index (Phi) is 4.33. The number of carbonyl (C=O) groups is 1. The van der Waals surface area contributed by atoms with Gasteiger partial charge >= 0.3 is 0 Å². The van der Waals surface area contributed by atoms with Gasteiger partial charge in [-0.2, -0.15) is 0 Å². The molecule has 14 heavy (non-hydrogen) atoms. The summed E-state index contributed by atoms with van der Waals surface area (Å²) in [5.41, 5.74) is -0.0965. The summed E-state index contributed by atoms with van der Waals surface area (Å²) in [5.74, 6) is 0. The molecule has 0 radical (unpaired) electrons. The van der Waals surface area contributed by atoms with Crippen LogP contribution in [0.25, 0.3) is 0 Å². The zero-order valence-electron chi connectivity index (χ0n) is 9.33. The Morgan fingerprint density at radius 1 is 1.36 bits per heavy atom. The average molecular weight is 195 g/mol. The minimum absolute atomic E-state index is 0.0965. The highest BCUT2D eigenvalue weighted by Crippen LogP contribution is 2.31. The predicted molar refractivity (Wildman–Crippen MR) is 59.3 cm³/mol. The van der Waals surface area contributed by atoms with Gasteiger partial charge in [-0.15, -0.1) is 0 Å². The highest BCUT2D eigenvalue weighted by Gasteiger charge is 2.31. The Balaban J connectivity index is 2.60. The maximum absolute atomic E-state index is 11.2. The van der Waals surface area contributed by atoms with Crippen molar-refractivity contribution in [1.82, 2.24) is 4.90 Å². The lowest BCUT2D eigenvalue weighted by molar-refractivity contribution is -0.117. The molecule has 1 atom stereocenters. The number of hydrogen-bond donors (Lipinski definition) is 0. The molecule has 0 aromatic rings. The lowest BCUT2D eigenvalue weighted by Gasteiger charge is -2.34. The van der Waals surface area contributed by atoms with E-state index in [1.54, 1.807) is 0 Å². The van der Waals surface area contributed by atoms with Crippen LogP contribution in [0.3, 0.4) is 0 Å². The molecule has 0 spiro atoms. The molecule has 0 amide bonds. The van der Waals surface area contributed by atoms with Crippen LogP contribution >= 0.6 is 0 Å². The predicted octanol–water partition coefficient (Wildman–Crippen LogP) is 2.25. The fraction of sp³-hybridized carbons (Fsp3) is 0.750. The Morgan fingerprint density at radius 3 is 2.50 bits per heavy atom. The maximum atomic E-state index is 11.2. The van der Waals surface area contributed by atoms with Crippen LogP contribution < -0.4 is 0 Å². The van der Waals surface area contributed by atoms with E-state index in [2.05, 4.69) is 30.9 Å². The Labute approximate surface area is 87.0 Å². The van der Waals surface area contributed by atoms with Crippen molar-refractivity contribution in [1.29, 1.82) is 0 Å². The van der Waals surface area contributed by atoms with Crippen LogP contribution in [-0.4, -0.2) is 30.8 Å². The molecule has 0 aliphatic heterocycles. The molecule has 0 N–H and O–H groups in total. The van der Waals surface area contributed by atoms with Crippen molar-refractivity contribution in [2.24, 2.45) is 5.41 Å². The minimum atomic E-state index is -0.0965. The second-order valence-corrected chi connectivity index (χ2v) is 4.16. The first-order valence-electron chi connectivity index (χ1n) is 5.60. The third-order valence-electron chi connectivity index (χ3n) is 3.18. The summed E-state index contributed by atoms with van der Waals surface area (Å²) < 4.78 is 0. The summed E-state index contributed by atoms with van der Waals surface area (Å²) in [6, 6.07) is 0. The van der Waals surface area contributed by atoms with Crippen LogP contribution in [0.4, 0.5) is 0 Å². The first kappa shape index (κ1) is 11.4. The van der Waals surface area contributed by atoms with Gasteiger partial charge in [-0.3, -0.25) is 0 Å². The highest BCUT2D eigenvalue weighted by atomic mass is 16.1. The molecule has 0 unspecified atom stereocenters. The van der Waals surface area contributed by atoms with Gasteiger partial charge in [0, 0.05) is 12.0 Å². The van der Waals surface area contributed by atoms with Gasteiger partial charge in [0.05, 0.1) is 0 Å². The van der Waals surface area contributed by atoms with Crippen LogP contribution in [0.2, 0.25) is 0 Å². The van der Waals surface area contributed by atoms with E-state index in [4.69, 9.17) is 0 Å². The molecule has 0 heterocycles. The van der Waals surface area contributed by atoms with Crippen molar-refractivity contribution in [3.05, 3.63) is 12.2 Å². The van der Waals surface area contributed by atoms with Crippen LogP contribution in [0, 0.1) is 5.41 Å². The third kappa shape index (κ3) is 2.68. The number of rotatable bonds is 5. The van der Waals surface area contributed by atoms with Gasteiger partial charge in [0.25, 0.3) is 0 Å². The minimum Gasteiger partial charge on any atom is -0.303 e. The van der Waals surface area contributed by atoms with Crippen molar-refractivity contribution in [2.75, 3.05) is 19.6 Å². The number of allylic oxidation sites excluding steroid dienone is 2. The summed E-state index contributed by atoms with van der Waals surface area (Å²) in [6.45, 7) is 7.31. The van der Waals surface area contributed by atoms with Crippen LogP contribution in [0.15, 0.2) is 12.2 Å². The molecule has 0 bridgehead atoms. The largest absolute Gasteiger partial charge is 0.303 e. The zero-order valence-corrected chi connectivity index (χ0v) is 9.33. The van der Waals surface area contributed by atoms with Crippen molar-refractivity contribution < 1.29 is 4.79 Å². The van der Waals surface area contributed by atoms with Crippen molar-refractivity contribution in [2.45, 2.75) is 33.1 Å². The number of hydrogen-bond acceptors (Lipinski definition) is 2. The summed E-state index contributed by atoms with van der Waals surface area (Å²) in [4.78, 5) is 13.5. The van der Waals surface area contributed by atoms with E-state index in [1.165, 1.54) is 6.29 Å². The van der Waals surface area contributed by atoms with E-state index < -0.39 is 0 Å². The number of aldehydes is 1. The molecular formula is C12H21NO. The lowest BCUT2D eigenvalue weighted by Crippen LogP contribution is -2.39. The Hall–Kier alpha value is -0.630. The quantitative estimate of drug-likeness (QED) is 0.495. The Morgan fingerprint density at radius 2 is 2.07 bits per heavy atom. The monoisotopic (exact) mass is 195 g/mol. The van der Waals surface area contributed by atoms with Crippen LogP contribution in [0.1, 0.15) is 33.1 Å².